The molecule has 0 bridgehead atoms. The van der Waals surface area contributed by atoms with E-state index in [4.69, 9.17) is 11.6 Å². The molecule has 23 heavy (non-hydrogen) atoms. The van der Waals surface area contributed by atoms with E-state index in [1.165, 1.54) is 19.4 Å². The number of nitrogens with one attached hydrogen (secondary N) is 2. The van der Waals surface area contributed by atoms with Crippen LogP contribution in [-0.4, -0.2) is 41.5 Å². The van der Waals surface area contributed by atoms with Gasteiger partial charge < -0.3 is 15.5 Å². The predicted molar refractivity (Wildman–Crippen MR) is 95.5 cm³/mol. The van der Waals surface area contributed by atoms with Gasteiger partial charge in [0, 0.05) is 30.0 Å². The zero-order chi connectivity index (χ0) is 16.1. The van der Waals surface area contributed by atoms with Gasteiger partial charge in [-0.2, -0.15) is 4.98 Å². The standard InChI is InChI=1S/C17H22ClN5/c1-23-9-3-4-13(12-23)11-20-16-7-8-19-17(22-16)21-15-6-2-5-14(18)10-15/h2,5-8,10,13H,3-4,9,11-12H2,1H3,(H2,19,20,21,22). The first-order valence-corrected chi connectivity index (χ1v) is 8.35. The Labute approximate surface area is 142 Å². The number of benzene rings is 1. The molecule has 0 radical (unpaired) electrons. The number of rotatable bonds is 5. The summed E-state index contributed by atoms with van der Waals surface area (Å²) in [7, 11) is 2.18. The van der Waals surface area contributed by atoms with Crippen LogP contribution >= 0.6 is 11.6 Å². The maximum absolute atomic E-state index is 5.99. The van der Waals surface area contributed by atoms with Crippen LogP contribution in [0.15, 0.2) is 36.5 Å². The van der Waals surface area contributed by atoms with Crippen molar-refractivity contribution < 1.29 is 0 Å². The van der Waals surface area contributed by atoms with E-state index in [2.05, 4.69) is 32.5 Å². The molecule has 1 aliphatic rings. The second-order valence-corrected chi connectivity index (χ2v) is 6.49. The van der Waals surface area contributed by atoms with Crippen LogP contribution in [0.2, 0.25) is 5.02 Å². The molecule has 0 saturated carbocycles. The summed E-state index contributed by atoms with van der Waals surface area (Å²) in [6, 6.07) is 9.42. The maximum Gasteiger partial charge on any atom is 0.229 e. The van der Waals surface area contributed by atoms with E-state index in [9.17, 15) is 0 Å². The van der Waals surface area contributed by atoms with Crippen molar-refractivity contribution in [2.45, 2.75) is 12.8 Å². The molecule has 122 valence electrons. The number of hydrogen-bond donors (Lipinski definition) is 2. The zero-order valence-electron chi connectivity index (χ0n) is 13.3. The molecule has 1 aromatic carbocycles. The lowest BCUT2D eigenvalue weighted by atomic mass is 9.98. The van der Waals surface area contributed by atoms with E-state index in [0.717, 1.165) is 24.6 Å². The van der Waals surface area contributed by atoms with Crippen LogP contribution in [0.5, 0.6) is 0 Å². The molecule has 0 aliphatic carbocycles. The Balaban J connectivity index is 1.58. The van der Waals surface area contributed by atoms with Crippen LogP contribution in [-0.2, 0) is 0 Å². The van der Waals surface area contributed by atoms with Crippen molar-refractivity contribution in [1.82, 2.24) is 14.9 Å². The van der Waals surface area contributed by atoms with Gasteiger partial charge in [-0.15, -0.1) is 0 Å². The third kappa shape index (κ3) is 4.81. The third-order valence-corrected chi connectivity index (χ3v) is 4.27. The van der Waals surface area contributed by atoms with Crippen molar-refractivity contribution in [2.24, 2.45) is 5.92 Å². The molecule has 1 aromatic heterocycles. The lowest BCUT2D eigenvalue weighted by Crippen LogP contribution is -2.35. The van der Waals surface area contributed by atoms with E-state index < -0.39 is 0 Å². The van der Waals surface area contributed by atoms with E-state index >= 15 is 0 Å². The van der Waals surface area contributed by atoms with Crippen LogP contribution < -0.4 is 10.6 Å². The van der Waals surface area contributed by atoms with Crippen molar-refractivity contribution in [1.29, 1.82) is 0 Å². The van der Waals surface area contributed by atoms with Crippen LogP contribution in [0.1, 0.15) is 12.8 Å². The van der Waals surface area contributed by atoms with Crippen LogP contribution in [0.25, 0.3) is 0 Å². The fourth-order valence-corrected chi connectivity index (χ4v) is 3.09. The van der Waals surface area contributed by atoms with Crippen molar-refractivity contribution in [3.8, 4) is 0 Å². The van der Waals surface area contributed by atoms with Crippen molar-refractivity contribution >= 4 is 29.1 Å². The number of piperidine rings is 1. The monoisotopic (exact) mass is 331 g/mol. The van der Waals surface area contributed by atoms with Gasteiger partial charge in [0.1, 0.15) is 5.82 Å². The summed E-state index contributed by atoms with van der Waals surface area (Å²) in [6.45, 7) is 3.29. The fourth-order valence-electron chi connectivity index (χ4n) is 2.90. The van der Waals surface area contributed by atoms with Gasteiger partial charge in [-0.05, 0) is 56.6 Å². The zero-order valence-corrected chi connectivity index (χ0v) is 14.1. The quantitative estimate of drug-likeness (QED) is 0.876. The minimum Gasteiger partial charge on any atom is -0.370 e. The molecule has 1 aliphatic heterocycles. The lowest BCUT2D eigenvalue weighted by molar-refractivity contribution is 0.217. The van der Waals surface area contributed by atoms with Gasteiger partial charge in [0.15, 0.2) is 0 Å². The van der Waals surface area contributed by atoms with Crippen LogP contribution in [0, 0.1) is 5.92 Å². The number of nitrogens with zero attached hydrogens (tertiary/aromatic N) is 3. The average Bonchev–Trinajstić information content (AvgIpc) is 2.53. The molecule has 3 rings (SSSR count). The summed E-state index contributed by atoms with van der Waals surface area (Å²) in [5.41, 5.74) is 0.878. The van der Waals surface area contributed by atoms with Crippen molar-refractivity contribution in [2.75, 3.05) is 37.3 Å². The van der Waals surface area contributed by atoms with Crippen molar-refractivity contribution in [3.63, 3.8) is 0 Å². The molecule has 1 saturated heterocycles. The molecule has 2 N–H and O–H groups in total. The Morgan fingerprint density at radius 1 is 1.35 bits per heavy atom. The smallest absolute Gasteiger partial charge is 0.229 e. The third-order valence-electron chi connectivity index (χ3n) is 4.03. The summed E-state index contributed by atoms with van der Waals surface area (Å²) in [5.74, 6) is 2.09. The average molecular weight is 332 g/mol. The summed E-state index contributed by atoms with van der Waals surface area (Å²) < 4.78 is 0. The highest BCUT2D eigenvalue weighted by molar-refractivity contribution is 6.30. The largest absolute Gasteiger partial charge is 0.370 e. The first kappa shape index (κ1) is 16.0. The summed E-state index contributed by atoms with van der Waals surface area (Å²) >= 11 is 5.99. The van der Waals surface area contributed by atoms with Gasteiger partial charge in [0.2, 0.25) is 5.95 Å². The van der Waals surface area contributed by atoms with Gasteiger partial charge in [-0.3, -0.25) is 0 Å². The first-order valence-electron chi connectivity index (χ1n) is 7.97. The molecule has 5 nitrogen and oxygen atoms in total. The Morgan fingerprint density at radius 2 is 2.26 bits per heavy atom. The number of likely N-dealkylation sites (tertiary alicyclic amines) is 1. The predicted octanol–water partition coefficient (Wildman–Crippen LogP) is 3.63. The normalized spacial score (nSPS) is 18.6. The SMILES string of the molecule is CN1CCCC(CNc2ccnc(Nc3cccc(Cl)c3)n2)C1. The first-order chi connectivity index (χ1) is 11.2. The van der Waals surface area contributed by atoms with Gasteiger partial charge in [-0.25, -0.2) is 4.98 Å². The highest BCUT2D eigenvalue weighted by atomic mass is 35.5. The molecular formula is C17H22ClN5. The highest BCUT2D eigenvalue weighted by Crippen LogP contribution is 2.19. The van der Waals surface area contributed by atoms with E-state index in [1.807, 2.05) is 30.3 Å². The Hall–Kier alpha value is -1.85. The molecule has 6 heteroatoms. The van der Waals surface area contributed by atoms with Crippen molar-refractivity contribution in [3.05, 3.63) is 41.6 Å². The van der Waals surface area contributed by atoms with E-state index in [1.54, 1.807) is 6.20 Å². The van der Waals surface area contributed by atoms with Gasteiger partial charge in [0.25, 0.3) is 0 Å². The number of hydrogen-bond acceptors (Lipinski definition) is 5. The van der Waals surface area contributed by atoms with Gasteiger partial charge in [0.05, 0.1) is 0 Å². The van der Waals surface area contributed by atoms with E-state index in [0.29, 0.717) is 16.9 Å². The second-order valence-electron chi connectivity index (χ2n) is 6.05. The molecular weight excluding hydrogens is 310 g/mol. The maximum atomic E-state index is 5.99. The van der Waals surface area contributed by atoms with Crippen LogP contribution in [0.4, 0.5) is 17.5 Å². The summed E-state index contributed by atoms with van der Waals surface area (Å²) in [4.78, 5) is 11.2. The molecule has 2 heterocycles. The molecule has 0 spiro atoms. The summed E-state index contributed by atoms with van der Waals surface area (Å²) in [6.07, 6.45) is 4.31. The molecule has 1 fully saturated rings. The Morgan fingerprint density at radius 3 is 3.09 bits per heavy atom. The fraction of sp³-hybridized carbons (Fsp3) is 0.412. The minimum atomic E-state index is 0.568. The van der Waals surface area contributed by atoms with Gasteiger partial charge in [-0.1, -0.05) is 17.7 Å². The topological polar surface area (TPSA) is 53.1 Å². The lowest BCUT2D eigenvalue weighted by Gasteiger charge is -2.29. The molecule has 2 aromatic rings. The Kier molecular flexibility index (Phi) is 5.31. The van der Waals surface area contributed by atoms with Gasteiger partial charge >= 0.3 is 0 Å². The molecule has 1 atom stereocenters. The number of halogens is 1. The van der Waals surface area contributed by atoms with E-state index in [-0.39, 0.29) is 0 Å². The Bertz CT molecular complexity index is 648. The summed E-state index contributed by atoms with van der Waals surface area (Å²) in [5, 5.41) is 7.29. The molecule has 1 unspecified atom stereocenters. The molecule has 0 amide bonds. The number of anilines is 3. The van der Waals surface area contributed by atoms with Crippen LogP contribution in [0.3, 0.4) is 0 Å². The highest BCUT2D eigenvalue weighted by Gasteiger charge is 2.16. The second kappa shape index (κ2) is 7.62. The minimum absolute atomic E-state index is 0.568. The number of aromatic nitrogens is 2.